The maximum absolute atomic E-state index is 12.7. The molecule has 4 atom stereocenters. The summed E-state index contributed by atoms with van der Waals surface area (Å²) in [5.41, 5.74) is 12.0. The van der Waals surface area contributed by atoms with Crippen LogP contribution in [0, 0.1) is 0 Å². The molecule has 1 aliphatic rings. The number of esters is 1. The average Bonchev–Trinajstić information content (AvgIpc) is 3.22. The third kappa shape index (κ3) is 4.49. The van der Waals surface area contributed by atoms with Crippen LogP contribution >= 0.6 is 0 Å². The minimum absolute atomic E-state index is 0.0227. The number of carbonyl (C=O) groups is 1. The fraction of sp³-hybridized carbons (Fsp3) is 0.474. The van der Waals surface area contributed by atoms with E-state index in [1.54, 1.807) is 18.2 Å². The molecule has 9 N–H and O–H groups in total. The maximum atomic E-state index is 12.7. The summed E-state index contributed by atoms with van der Waals surface area (Å²) in [6, 6.07) is 5.24. The molecule has 1 aromatic carbocycles. The van der Waals surface area contributed by atoms with Crippen molar-refractivity contribution in [3.63, 3.8) is 0 Å². The van der Waals surface area contributed by atoms with Crippen LogP contribution in [0.1, 0.15) is 17.7 Å². The molecule has 12 heteroatoms. The number of aliphatic imine (C=N–C) groups is 1. The Balaban J connectivity index is 1.89. The lowest BCUT2D eigenvalue weighted by atomic mass is 10.0. The minimum atomic E-state index is -2.51. The highest BCUT2D eigenvalue weighted by atomic mass is 16.7. The molecule has 3 rings (SSSR count). The molecule has 0 radical (unpaired) electrons. The van der Waals surface area contributed by atoms with Crippen molar-refractivity contribution in [2.45, 2.75) is 43.5 Å². The normalized spacial score (nSPS) is 25.6. The topological polar surface area (TPSA) is 215 Å². The zero-order chi connectivity index (χ0) is 22.8. The highest BCUT2D eigenvalue weighted by Crippen LogP contribution is 2.35. The monoisotopic (exact) mass is 437 g/mol. The Kier molecular flexibility index (Phi) is 6.79. The van der Waals surface area contributed by atoms with E-state index in [-0.39, 0.29) is 17.4 Å². The number of nitrogens with zero attached hydrogens (tertiary/aromatic N) is 2. The lowest BCUT2D eigenvalue weighted by molar-refractivity contribution is -0.246. The van der Waals surface area contributed by atoms with E-state index in [0.29, 0.717) is 30.3 Å². The van der Waals surface area contributed by atoms with E-state index < -0.39 is 43.3 Å². The van der Waals surface area contributed by atoms with E-state index in [1.165, 1.54) is 0 Å². The molecule has 0 spiro atoms. The molecular formula is C19H25N4O8-. The second kappa shape index (κ2) is 9.18. The summed E-state index contributed by atoms with van der Waals surface area (Å²) >= 11 is 0. The molecule has 0 amide bonds. The van der Waals surface area contributed by atoms with Gasteiger partial charge in [0.1, 0.15) is 18.0 Å². The first-order valence-corrected chi connectivity index (χ1v) is 9.54. The molecule has 1 aromatic heterocycles. The van der Waals surface area contributed by atoms with E-state index >= 15 is 0 Å². The lowest BCUT2D eigenvalue weighted by Gasteiger charge is -2.22. The first-order chi connectivity index (χ1) is 14.7. The maximum Gasteiger partial charge on any atom is 0.343 e. The molecule has 31 heavy (non-hydrogen) atoms. The van der Waals surface area contributed by atoms with Gasteiger partial charge in [-0.15, -0.1) is 5.52 Å². The van der Waals surface area contributed by atoms with Crippen molar-refractivity contribution in [2.75, 3.05) is 13.2 Å². The molecule has 2 heterocycles. The molecule has 0 saturated carbocycles. The summed E-state index contributed by atoms with van der Waals surface area (Å²) in [6.45, 7) is -1.19. The Morgan fingerprint density at radius 3 is 2.65 bits per heavy atom. The second-order valence-corrected chi connectivity index (χ2v) is 7.17. The van der Waals surface area contributed by atoms with Gasteiger partial charge >= 0.3 is 5.97 Å². The van der Waals surface area contributed by atoms with Crippen LogP contribution in [0.3, 0.4) is 0 Å². The number of fused-ring (bicyclic) bond motifs is 1. The van der Waals surface area contributed by atoms with E-state index in [9.17, 15) is 30.3 Å². The van der Waals surface area contributed by atoms with Gasteiger partial charge < -0.3 is 51.5 Å². The zero-order valence-electron chi connectivity index (χ0n) is 16.5. The predicted octanol–water partition coefficient (Wildman–Crippen LogP) is -2.80. The molecule has 1 aliphatic heterocycles. The fourth-order valence-electron chi connectivity index (χ4n) is 3.45. The van der Waals surface area contributed by atoms with Crippen LogP contribution in [0.4, 0.5) is 0 Å². The Labute approximate surface area is 176 Å². The zero-order valence-corrected chi connectivity index (χ0v) is 16.5. The molecule has 0 aliphatic carbocycles. The largest absolute Gasteiger partial charge is 0.656 e. The number of hydrogen-bond acceptors (Lipinski definition) is 9. The quantitative estimate of drug-likeness (QED) is 0.0968. The van der Waals surface area contributed by atoms with Gasteiger partial charge in [-0.25, -0.2) is 4.79 Å². The number of aliphatic hydroxyl groups excluding tert-OH is 4. The van der Waals surface area contributed by atoms with E-state index in [0.717, 1.165) is 5.56 Å². The number of nitrogens with two attached hydrogens (primary N) is 2. The minimum Gasteiger partial charge on any atom is -0.656 e. The van der Waals surface area contributed by atoms with Crippen LogP contribution < -0.4 is 21.2 Å². The number of ether oxygens (including phenoxy) is 2. The summed E-state index contributed by atoms with van der Waals surface area (Å²) < 4.78 is 10.4. The fourth-order valence-corrected chi connectivity index (χ4v) is 3.45. The SMILES string of the molecule is NC(N)=NCCCc1cccc2[n-]c(CO)c(OC(=O)C3OC(O)(CO)C(O)C3O)c12. The molecule has 4 unspecified atom stereocenters. The summed E-state index contributed by atoms with van der Waals surface area (Å²) in [7, 11) is 0. The van der Waals surface area contributed by atoms with Gasteiger partial charge in [0.25, 0.3) is 0 Å². The van der Waals surface area contributed by atoms with Crippen molar-refractivity contribution in [3.8, 4) is 5.75 Å². The van der Waals surface area contributed by atoms with Gasteiger partial charge in [0.05, 0.1) is 13.2 Å². The number of aromatic nitrogens is 1. The summed E-state index contributed by atoms with van der Waals surface area (Å²) in [4.78, 5) is 20.9. The number of aliphatic hydroxyl groups is 5. The van der Waals surface area contributed by atoms with Crippen molar-refractivity contribution >= 4 is 22.8 Å². The highest BCUT2D eigenvalue weighted by molar-refractivity contribution is 5.93. The number of carbonyl (C=O) groups excluding carboxylic acids is 1. The van der Waals surface area contributed by atoms with Crippen LogP contribution in [0.5, 0.6) is 5.75 Å². The van der Waals surface area contributed by atoms with Gasteiger partial charge in [-0.05, 0) is 18.4 Å². The number of benzene rings is 1. The highest BCUT2D eigenvalue weighted by Gasteiger charge is 2.56. The number of hydrogen-bond donors (Lipinski definition) is 7. The Bertz CT molecular complexity index is 973. The second-order valence-electron chi connectivity index (χ2n) is 7.17. The van der Waals surface area contributed by atoms with Crippen molar-refractivity contribution in [1.29, 1.82) is 0 Å². The van der Waals surface area contributed by atoms with Crippen LogP contribution in [-0.2, 0) is 22.6 Å². The Morgan fingerprint density at radius 1 is 1.29 bits per heavy atom. The van der Waals surface area contributed by atoms with Gasteiger partial charge in [-0.1, -0.05) is 23.9 Å². The van der Waals surface area contributed by atoms with E-state index in [2.05, 4.69) is 9.98 Å². The van der Waals surface area contributed by atoms with Crippen molar-refractivity contribution in [3.05, 3.63) is 29.5 Å². The predicted molar refractivity (Wildman–Crippen MR) is 107 cm³/mol. The van der Waals surface area contributed by atoms with Crippen LogP contribution in [0.15, 0.2) is 23.2 Å². The molecular weight excluding hydrogens is 412 g/mol. The van der Waals surface area contributed by atoms with Gasteiger partial charge in [0.2, 0.25) is 5.79 Å². The molecule has 12 nitrogen and oxygen atoms in total. The average molecular weight is 437 g/mol. The molecule has 1 saturated heterocycles. The Hall–Kier alpha value is -2.74. The van der Waals surface area contributed by atoms with E-state index in [1.807, 2.05) is 0 Å². The van der Waals surface area contributed by atoms with Crippen molar-refractivity contribution in [2.24, 2.45) is 16.5 Å². The standard InChI is InChI=1S/C19H25N4O8/c20-18(21)22-6-2-4-9-3-1-5-10-12(9)14(11(7-24)23-10)30-17(28)15-13(26)16(27)19(29,8-25)31-15/h1,3,5,13,15-16,24-27,29H,2,4,6-8H2,(H4,20,21,22)/q-1. The summed E-state index contributed by atoms with van der Waals surface area (Å²) in [5, 5.41) is 49.3. The van der Waals surface area contributed by atoms with Gasteiger partial charge in [0.15, 0.2) is 12.1 Å². The van der Waals surface area contributed by atoms with Gasteiger partial charge in [-0.2, -0.15) is 0 Å². The van der Waals surface area contributed by atoms with E-state index in [4.69, 9.17) is 20.9 Å². The van der Waals surface area contributed by atoms with Gasteiger partial charge in [0, 0.05) is 11.9 Å². The molecule has 2 aromatic rings. The van der Waals surface area contributed by atoms with Crippen molar-refractivity contribution < 1.29 is 39.8 Å². The number of guanidine groups is 1. The number of aryl methyl sites for hydroxylation is 1. The summed E-state index contributed by atoms with van der Waals surface area (Å²) in [6.07, 6.45) is -4.42. The molecule has 0 bridgehead atoms. The Morgan fingerprint density at radius 2 is 2.03 bits per heavy atom. The lowest BCUT2D eigenvalue weighted by Crippen LogP contribution is -2.46. The first kappa shape index (κ1) is 22.9. The molecule has 1 fully saturated rings. The van der Waals surface area contributed by atoms with Crippen LogP contribution in [0.2, 0.25) is 0 Å². The third-order valence-electron chi connectivity index (χ3n) is 5.01. The first-order valence-electron chi connectivity index (χ1n) is 9.54. The van der Waals surface area contributed by atoms with Crippen LogP contribution in [-0.4, -0.2) is 74.7 Å². The third-order valence-corrected chi connectivity index (χ3v) is 5.01. The van der Waals surface area contributed by atoms with Gasteiger partial charge in [-0.3, -0.25) is 4.99 Å². The van der Waals surface area contributed by atoms with Crippen LogP contribution in [0.25, 0.3) is 10.9 Å². The smallest absolute Gasteiger partial charge is 0.343 e. The number of rotatable bonds is 8. The molecule has 170 valence electrons. The summed E-state index contributed by atoms with van der Waals surface area (Å²) in [5.74, 6) is -3.68. The van der Waals surface area contributed by atoms with Crippen molar-refractivity contribution in [1.82, 2.24) is 4.98 Å².